The monoisotopic (exact) mass is 389 g/mol. The van der Waals surface area contributed by atoms with Gasteiger partial charge in [-0.1, -0.05) is 23.7 Å². The molecule has 0 aromatic heterocycles. The lowest BCUT2D eigenvalue weighted by atomic mass is 10.0. The van der Waals surface area contributed by atoms with Crippen LogP contribution in [0, 0.1) is 0 Å². The van der Waals surface area contributed by atoms with Gasteiger partial charge in [-0.05, 0) is 56.1 Å². The zero-order chi connectivity index (χ0) is 19.8. The highest BCUT2D eigenvalue weighted by Crippen LogP contribution is 2.23. The van der Waals surface area contributed by atoms with Crippen molar-refractivity contribution in [1.29, 1.82) is 0 Å². The normalized spacial score (nSPS) is 11.9. The van der Waals surface area contributed by atoms with Gasteiger partial charge in [0.05, 0.1) is 0 Å². The van der Waals surface area contributed by atoms with E-state index in [1.807, 2.05) is 31.1 Å². The lowest BCUT2D eigenvalue weighted by Crippen LogP contribution is -2.46. The topological polar surface area (TPSA) is 84.7 Å². The first kappa shape index (κ1) is 20.7. The Morgan fingerprint density at radius 1 is 1.07 bits per heavy atom. The predicted molar refractivity (Wildman–Crippen MR) is 106 cm³/mol. The number of ether oxygens (including phenoxy) is 1. The van der Waals surface area contributed by atoms with Gasteiger partial charge < -0.3 is 20.7 Å². The van der Waals surface area contributed by atoms with E-state index in [1.165, 1.54) is 0 Å². The molecule has 1 unspecified atom stereocenters. The van der Waals surface area contributed by atoms with Crippen molar-refractivity contribution in [1.82, 2.24) is 10.2 Å². The number of primary amides is 1. The number of nitrogens with two attached hydrogens (primary N) is 1. The molecule has 0 bridgehead atoms. The number of carbonyl (C=O) groups excluding carboxylic acids is 2. The van der Waals surface area contributed by atoms with Crippen LogP contribution in [0.4, 0.5) is 0 Å². The summed E-state index contributed by atoms with van der Waals surface area (Å²) >= 11 is 5.85. The van der Waals surface area contributed by atoms with Crippen LogP contribution < -0.4 is 15.8 Å². The third-order valence-corrected chi connectivity index (χ3v) is 4.13. The summed E-state index contributed by atoms with van der Waals surface area (Å²) in [4.78, 5) is 25.5. The molecule has 0 heterocycles. The fourth-order valence-electron chi connectivity index (χ4n) is 2.38. The number of hydrogen-bond donors (Lipinski definition) is 2. The van der Waals surface area contributed by atoms with Gasteiger partial charge in [0, 0.05) is 24.4 Å². The standard InChI is InChI=1S/C20H24ClN3O3/c1-24(2)12-11-19(25)23-18(20(22)26)13-14-3-7-16(8-4-14)27-17-9-5-15(21)6-10-17/h3-10,18H,11-13H2,1-2H3,(H2,22,26)(H,23,25). The molecule has 144 valence electrons. The van der Waals surface area contributed by atoms with Crippen LogP contribution in [0.2, 0.25) is 5.02 Å². The quantitative estimate of drug-likeness (QED) is 0.690. The Balaban J connectivity index is 1.94. The maximum absolute atomic E-state index is 12.0. The third kappa shape index (κ3) is 7.29. The summed E-state index contributed by atoms with van der Waals surface area (Å²) in [6.07, 6.45) is 0.634. The molecule has 0 aliphatic rings. The minimum atomic E-state index is -0.748. The average molecular weight is 390 g/mol. The van der Waals surface area contributed by atoms with Crippen molar-refractivity contribution < 1.29 is 14.3 Å². The largest absolute Gasteiger partial charge is 0.457 e. The van der Waals surface area contributed by atoms with Crippen molar-refractivity contribution in [2.75, 3.05) is 20.6 Å². The molecule has 3 N–H and O–H groups in total. The van der Waals surface area contributed by atoms with E-state index in [1.54, 1.807) is 36.4 Å². The molecular weight excluding hydrogens is 366 g/mol. The summed E-state index contributed by atoms with van der Waals surface area (Å²) in [6, 6.07) is 13.6. The van der Waals surface area contributed by atoms with Crippen LogP contribution in [0.15, 0.2) is 48.5 Å². The smallest absolute Gasteiger partial charge is 0.240 e. The SMILES string of the molecule is CN(C)CCC(=O)NC(Cc1ccc(Oc2ccc(Cl)cc2)cc1)C(N)=O. The number of hydrogen-bond acceptors (Lipinski definition) is 4. The highest BCUT2D eigenvalue weighted by atomic mass is 35.5. The Kier molecular flexibility index (Phi) is 7.64. The molecule has 1 atom stereocenters. The predicted octanol–water partition coefficient (Wildman–Crippen LogP) is 2.60. The molecule has 2 amide bonds. The molecule has 0 saturated heterocycles. The van der Waals surface area contributed by atoms with Gasteiger partial charge in [0.1, 0.15) is 17.5 Å². The molecule has 0 saturated carbocycles. The van der Waals surface area contributed by atoms with Gasteiger partial charge in [-0.3, -0.25) is 9.59 Å². The van der Waals surface area contributed by atoms with Gasteiger partial charge in [-0.25, -0.2) is 0 Å². The molecule has 6 nitrogen and oxygen atoms in total. The van der Waals surface area contributed by atoms with Crippen LogP contribution in [-0.4, -0.2) is 43.4 Å². The second-order valence-corrected chi connectivity index (χ2v) is 6.92. The average Bonchev–Trinajstić information content (AvgIpc) is 2.63. The van der Waals surface area contributed by atoms with Crippen molar-refractivity contribution in [3.05, 3.63) is 59.1 Å². The summed E-state index contributed by atoms with van der Waals surface area (Å²) in [5.74, 6) is 0.576. The van der Waals surface area contributed by atoms with Crippen LogP contribution in [0.5, 0.6) is 11.5 Å². The van der Waals surface area contributed by atoms with Gasteiger partial charge in [0.25, 0.3) is 0 Å². The third-order valence-electron chi connectivity index (χ3n) is 3.88. The Morgan fingerprint density at radius 3 is 2.15 bits per heavy atom. The first-order valence-corrected chi connectivity index (χ1v) is 8.97. The number of rotatable bonds is 9. The van der Waals surface area contributed by atoms with Gasteiger partial charge in [-0.2, -0.15) is 0 Å². The second kappa shape index (κ2) is 9.94. The lowest BCUT2D eigenvalue weighted by molar-refractivity contribution is -0.127. The molecule has 7 heteroatoms. The summed E-state index contributed by atoms with van der Waals surface area (Å²) in [5.41, 5.74) is 6.30. The molecule has 0 radical (unpaired) electrons. The van der Waals surface area contributed by atoms with Crippen LogP contribution in [0.3, 0.4) is 0 Å². The zero-order valence-corrected chi connectivity index (χ0v) is 16.2. The molecular formula is C20H24ClN3O3. The number of amides is 2. The number of benzene rings is 2. The van der Waals surface area contributed by atoms with Crippen molar-refractivity contribution in [2.45, 2.75) is 18.9 Å². The molecule has 2 aromatic rings. The Labute approximate surface area is 164 Å². The summed E-state index contributed by atoms with van der Waals surface area (Å²) in [6.45, 7) is 0.605. The number of carbonyl (C=O) groups is 2. The molecule has 27 heavy (non-hydrogen) atoms. The van der Waals surface area contributed by atoms with E-state index in [-0.39, 0.29) is 5.91 Å². The minimum Gasteiger partial charge on any atom is -0.457 e. The van der Waals surface area contributed by atoms with Crippen molar-refractivity contribution >= 4 is 23.4 Å². The Morgan fingerprint density at radius 2 is 1.63 bits per heavy atom. The highest BCUT2D eigenvalue weighted by Gasteiger charge is 2.18. The highest BCUT2D eigenvalue weighted by molar-refractivity contribution is 6.30. The second-order valence-electron chi connectivity index (χ2n) is 6.48. The first-order chi connectivity index (χ1) is 12.8. The summed E-state index contributed by atoms with van der Waals surface area (Å²) in [5, 5.41) is 3.34. The maximum Gasteiger partial charge on any atom is 0.240 e. The summed E-state index contributed by atoms with van der Waals surface area (Å²) in [7, 11) is 3.76. The number of nitrogens with zero attached hydrogens (tertiary/aromatic N) is 1. The van der Waals surface area contributed by atoms with Gasteiger partial charge in [0.2, 0.25) is 11.8 Å². The van der Waals surface area contributed by atoms with E-state index in [9.17, 15) is 9.59 Å². The van der Waals surface area contributed by atoms with E-state index < -0.39 is 11.9 Å². The molecule has 0 aliphatic heterocycles. The fraction of sp³-hybridized carbons (Fsp3) is 0.300. The lowest BCUT2D eigenvalue weighted by Gasteiger charge is -2.17. The van der Waals surface area contributed by atoms with Crippen LogP contribution >= 0.6 is 11.6 Å². The molecule has 0 spiro atoms. The van der Waals surface area contributed by atoms with E-state index in [4.69, 9.17) is 22.1 Å². The fourth-order valence-corrected chi connectivity index (χ4v) is 2.51. The first-order valence-electron chi connectivity index (χ1n) is 8.59. The van der Waals surface area contributed by atoms with Crippen LogP contribution in [0.25, 0.3) is 0 Å². The molecule has 0 aliphatic carbocycles. The van der Waals surface area contributed by atoms with E-state index in [2.05, 4.69) is 5.32 Å². The molecule has 0 fully saturated rings. The van der Waals surface area contributed by atoms with E-state index >= 15 is 0 Å². The van der Waals surface area contributed by atoms with Crippen molar-refractivity contribution in [3.63, 3.8) is 0 Å². The zero-order valence-electron chi connectivity index (χ0n) is 15.4. The van der Waals surface area contributed by atoms with E-state index in [0.717, 1.165) is 5.56 Å². The molecule has 2 aromatic carbocycles. The van der Waals surface area contributed by atoms with Crippen LogP contribution in [-0.2, 0) is 16.0 Å². The Hall–Kier alpha value is -2.57. The van der Waals surface area contributed by atoms with Crippen molar-refractivity contribution in [3.8, 4) is 11.5 Å². The number of halogens is 1. The van der Waals surface area contributed by atoms with Crippen molar-refractivity contribution in [2.24, 2.45) is 5.73 Å². The summed E-state index contributed by atoms with van der Waals surface area (Å²) < 4.78 is 5.74. The Bertz CT molecular complexity index is 761. The van der Waals surface area contributed by atoms with Crippen LogP contribution in [0.1, 0.15) is 12.0 Å². The van der Waals surface area contributed by atoms with Gasteiger partial charge in [-0.15, -0.1) is 0 Å². The molecule has 2 rings (SSSR count). The number of nitrogens with one attached hydrogen (secondary N) is 1. The van der Waals surface area contributed by atoms with E-state index in [0.29, 0.717) is 35.9 Å². The minimum absolute atomic E-state index is 0.199. The van der Waals surface area contributed by atoms with Gasteiger partial charge >= 0.3 is 0 Å². The maximum atomic E-state index is 12.0. The van der Waals surface area contributed by atoms with Gasteiger partial charge in [0.15, 0.2) is 0 Å².